The minimum absolute atomic E-state index is 0. The van der Waals surface area contributed by atoms with Crippen LogP contribution < -0.4 is 15.5 Å². The molecule has 7 heteroatoms. The lowest BCUT2D eigenvalue weighted by Crippen LogP contribution is -2.45. The van der Waals surface area contributed by atoms with Crippen molar-refractivity contribution in [2.45, 2.75) is 39.5 Å². The van der Waals surface area contributed by atoms with E-state index >= 15 is 0 Å². The van der Waals surface area contributed by atoms with E-state index in [1.165, 1.54) is 0 Å². The predicted octanol–water partition coefficient (Wildman–Crippen LogP) is 2.55. The second-order valence-corrected chi connectivity index (χ2v) is 6.05. The largest absolute Gasteiger partial charge is 0.372 e. The summed E-state index contributed by atoms with van der Waals surface area (Å²) < 4.78 is 5.77. The number of aromatic nitrogens is 1. The normalized spacial score (nSPS) is 20.6. The molecule has 2 N–H and O–H groups in total. The van der Waals surface area contributed by atoms with Gasteiger partial charge in [-0.05, 0) is 32.4 Å². The van der Waals surface area contributed by atoms with E-state index in [0.717, 1.165) is 37.0 Å². The molecule has 1 fully saturated rings. The van der Waals surface area contributed by atoms with Crippen LogP contribution in [0, 0.1) is 0 Å². The molecule has 0 radical (unpaired) electrons. The van der Waals surface area contributed by atoms with Crippen LogP contribution in [-0.4, -0.2) is 49.3 Å². The summed E-state index contributed by atoms with van der Waals surface area (Å²) in [7, 11) is 0. The van der Waals surface area contributed by atoms with E-state index in [0.29, 0.717) is 13.1 Å². The maximum Gasteiger partial charge on any atom is 0.191 e. The van der Waals surface area contributed by atoms with Crippen LogP contribution in [0.25, 0.3) is 0 Å². The van der Waals surface area contributed by atoms with Gasteiger partial charge in [0.15, 0.2) is 5.96 Å². The number of morpholine rings is 1. The summed E-state index contributed by atoms with van der Waals surface area (Å²) in [5, 5.41) is 6.40. The molecule has 0 bridgehead atoms. The molecule has 1 aliphatic rings. The Bertz CT molecular complexity index is 539. The van der Waals surface area contributed by atoms with Gasteiger partial charge in [0.25, 0.3) is 0 Å². The minimum atomic E-state index is 0. The third-order valence-corrected chi connectivity index (χ3v) is 3.73. The van der Waals surface area contributed by atoms with E-state index in [-0.39, 0.29) is 36.2 Å². The average Bonchev–Trinajstić information content (AvgIpc) is 2.57. The lowest BCUT2D eigenvalue weighted by atomic mass is 10.2. The van der Waals surface area contributed by atoms with Crippen molar-refractivity contribution in [2.24, 2.45) is 4.99 Å². The first-order chi connectivity index (χ1) is 11.6. The molecule has 0 aliphatic carbocycles. The summed E-state index contributed by atoms with van der Waals surface area (Å²) in [6.07, 6.45) is 4.19. The monoisotopic (exact) mass is 459 g/mol. The first kappa shape index (κ1) is 21.7. The lowest BCUT2D eigenvalue weighted by Gasteiger charge is -2.36. The zero-order valence-electron chi connectivity index (χ0n) is 15.4. The van der Waals surface area contributed by atoms with E-state index < -0.39 is 0 Å². The van der Waals surface area contributed by atoms with E-state index in [1.54, 1.807) is 0 Å². The van der Waals surface area contributed by atoms with E-state index in [9.17, 15) is 0 Å². The van der Waals surface area contributed by atoms with E-state index in [4.69, 9.17) is 4.74 Å². The molecule has 0 aromatic carbocycles. The molecule has 6 nitrogen and oxygen atoms in total. The Kier molecular flexibility index (Phi) is 9.81. The number of nitrogens with one attached hydrogen (secondary N) is 2. The Morgan fingerprint density at radius 3 is 2.64 bits per heavy atom. The number of guanidine groups is 1. The Hall–Kier alpha value is -1.35. The molecule has 0 amide bonds. The van der Waals surface area contributed by atoms with Crippen molar-refractivity contribution in [1.82, 2.24) is 15.6 Å². The highest BCUT2D eigenvalue weighted by molar-refractivity contribution is 14.0. The van der Waals surface area contributed by atoms with Crippen LogP contribution in [0.4, 0.5) is 5.82 Å². The zero-order valence-corrected chi connectivity index (χ0v) is 17.7. The van der Waals surface area contributed by atoms with Crippen LogP contribution in [0.1, 0.15) is 26.3 Å². The van der Waals surface area contributed by atoms with Gasteiger partial charge in [-0.15, -0.1) is 30.6 Å². The fraction of sp³-hybridized carbons (Fsp3) is 0.556. The number of ether oxygens (including phenoxy) is 1. The van der Waals surface area contributed by atoms with E-state index in [2.05, 4.69) is 58.1 Å². The molecule has 140 valence electrons. The van der Waals surface area contributed by atoms with Gasteiger partial charge < -0.3 is 20.3 Å². The van der Waals surface area contributed by atoms with Crippen LogP contribution in [-0.2, 0) is 11.3 Å². The summed E-state index contributed by atoms with van der Waals surface area (Å²) in [4.78, 5) is 11.4. The molecule has 25 heavy (non-hydrogen) atoms. The number of pyridine rings is 1. The summed E-state index contributed by atoms with van der Waals surface area (Å²) in [5.74, 6) is 1.79. The van der Waals surface area contributed by atoms with Crippen molar-refractivity contribution in [3.8, 4) is 0 Å². The van der Waals surface area contributed by atoms with Crippen LogP contribution in [0.2, 0.25) is 0 Å². The molecule has 1 aliphatic heterocycles. The Morgan fingerprint density at radius 1 is 1.36 bits per heavy atom. The van der Waals surface area contributed by atoms with Crippen LogP contribution in [0.3, 0.4) is 0 Å². The second kappa shape index (κ2) is 11.3. The van der Waals surface area contributed by atoms with Crippen molar-refractivity contribution in [2.75, 3.05) is 31.1 Å². The number of rotatable bonds is 6. The summed E-state index contributed by atoms with van der Waals surface area (Å²) in [6.45, 7) is 13.8. The van der Waals surface area contributed by atoms with Crippen LogP contribution >= 0.6 is 24.0 Å². The first-order valence-electron chi connectivity index (χ1n) is 8.60. The number of hydrogen-bond acceptors (Lipinski definition) is 4. The Morgan fingerprint density at radius 2 is 2.08 bits per heavy atom. The predicted molar refractivity (Wildman–Crippen MR) is 115 cm³/mol. The molecule has 2 heterocycles. The van der Waals surface area contributed by atoms with Gasteiger partial charge in [-0.2, -0.15) is 0 Å². The molecule has 2 unspecified atom stereocenters. The van der Waals surface area contributed by atoms with Gasteiger partial charge in [-0.3, -0.25) is 0 Å². The molecule has 0 spiro atoms. The fourth-order valence-electron chi connectivity index (χ4n) is 2.74. The molecule has 1 saturated heterocycles. The highest BCUT2D eigenvalue weighted by Crippen LogP contribution is 2.18. The number of nitrogens with zero attached hydrogens (tertiary/aromatic N) is 3. The van der Waals surface area contributed by atoms with Crippen molar-refractivity contribution in [1.29, 1.82) is 0 Å². The third kappa shape index (κ3) is 7.19. The molecule has 2 atom stereocenters. The Balaban J connectivity index is 0.00000312. The van der Waals surface area contributed by atoms with Gasteiger partial charge in [0.1, 0.15) is 5.82 Å². The SMILES string of the molecule is C=CCNC(=NCc1ccc(N2CC(C)OC(C)C2)nc1)NCC.I. The number of hydrogen-bond donors (Lipinski definition) is 2. The highest BCUT2D eigenvalue weighted by atomic mass is 127. The maximum absolute atomic E-state index is 5.77. The molecule has 0 saturated carbocycles. The van der Waals surface area contributed by atoms with Gasteiger partial charge in [-0.1, -0.05) is 12.1 Å². The minimum Gasteiger partial charge on any atom is -0.372 e. The quantitative estimate of drug-likeness (QED) is 0.297. The molecular formula is C18H30IN5O. The second-order valence-electron chi connectivity index (χ2n) is 6.05. The topological polar surface area (TPSA) is 61.8 Å². The van der Waals surface area contributed by atoms with Crippen molar-refractivity contribution in [3.05, 3.63) is 36.5 Å². The van der Waals surface area contributed by atoms with Gasteiger partial charge in [-0.25, -0.2) is 9.98 Å². The van der Waals surface area contributed by atoms with Gasteiger partial charge in [0.05, 0.1) is 18.8 Å². The number of anilines is 1. The summed E-state index contributed by atoms with van der Waals surface area (Å²) in [6, 6.07) is 4.16. The van der Waals surface area contributed by atoms with Gasteiger partial charge in [0.2, 0.25) is 0 Å². The smallest absolute Gasteiger partial charge is 0.191 e. The molecule has 2 rings (SSSR count). The molecule has 1 aromatic heterocycles. The first-order valence-corrected chi connectivity index (χ1v) is 8.60. The van der Waals surface area contributed by atoms with Crippen LogP contribution in [0.15, 0.2) is 36.0 Å². The van der Waals surface area contributed by atoms with Crippen molar-refractivity contribution >= 4 is 35.8 Å². The number of halogens is 1. The maximum atomic E-state index is 5.77. The Labute approximate surface area is 168 Å². The molecular weight excluding hydrogens is 429 g/mol. The van der Waals surface area contributed by atoms with Gasteiger partial charge in [0, 0.05) is 32.4 Å². The summed E-state index contributed by atoms with van der Waals surface area (Å²) >= 11 is 0. The fourth-order valence-corrected chi connectivity index (χ4v) is 2.74. The summed E-state index contributed by atoms with van der Waals surface area (Å²) in [5.41, 5.74) is 1.09. The zero-order chi connectivity index (χ0) is 17.4. The highest BCUT2D eigenvalue weighted by Gasteiger charge is 2.22. The molecule has 1 aromatic rings. The standard InChI is InChI=1S/C18H29N5O.HI/c1-5-9-20-18(19-6-2)22-11-16-7-8-17(21-10-16)23-12-14(3)24-15(4)13-23;/h5,7-8,10,14-15H,1,6,9,11-13H2,2-4H3,(H2,19,20,22);1H. The van der Waals surface area contributed by atoms with E-state index in [1.807, 2.05) is 19.2 Å². The third-order valence-electron chi connectivity index (χ3n) is 3.73. The van der Waals surface area contributed by atoms with Crippen molar-refractivity contribution in [3.63, 3.8) is 0 Å². The van der Waals surface area contributed by atoms with Crippen molar-refractivity contribution < 1.29 is 4.74 Å². The van der Waals surface area contributed by atoms with Crippen LogP contribution in [0.5, 0.6) is 0 Å². The number of aliphatic imine (C=N–C) groups is 1. The van der Waals surface area contributed by atoms with Gasteiger partial charge >= 0.3 is 0 Å². The average molecular weight is 459 g/mol. The lowest BCUT2D eigenvalue weighted by molar-refractivity contribution is -0.00545.